The van der Waals surface area contributed by atoms with E-state index in [1.165, 1.54) is 25.7 Å². The second-order valence-electron chi connectivity index (χ2n) is 7.59. The molecule has 2 aliphatic carbocycles. The maximum atomic E-state index is 4.50. The third-order valence-corrected chi connectivity index (χ3v) is 6.28. The molecule has 2 heterocycles. The summed E-state index contributed by atoms with van der Waals surface area (Å²) < 4.78 is 1.83. The summed E-state index contributed by atoms with van der Waals surface area (Å²) in [6.45, 7) is 5.11. The van der Waals surface area contributed by atoms with Crippen molar-refractivity contribution < 1.29 is 0 Å². The third-order valence-electron chi connectivity index (χ3n) is 6.28. The number of benzene rings is 1. The first kappa shape index (κ1) is 14.9. The zero-order valence-electron chi connectivity index (χ0n) is 14.8. The maximum absolute atomic E-state index is 4.50. The number of anilines is 1. The molecule has 1 saturated carbocycles. The van der Waals surface area contributed by atoms with Crippen LogP contribution in [0.15, 0.2) is 30.6 Å². The lowest BCUT2D eigenvalue weighted by atomic mass is 9.78. The number of hydrogen-bond acceptors (Lipinski definition) is 4. The third kappa shape index (κ3) is 2.18. The zero-order valence-corrected chi connectivity index (χ0v) is 14.8. The van der Waals surface area contributed by atoms with Gasteiger partial charge in [0.25, 0.3) is 5.78 Å². The van der Waals surface area contributed by atoms with E-state index >= 15 is 0 Å². The van der Waals surface area contributed by atoms with E-state index in [-0.39, 0.29) is 0 Å². The average Bonchev–Trinajstić information content (AvgIpc) is 3.09. The van der Waals surface area contributed by atoms with Crippen LogP contribution < -0.4 is 5.32 Å². The molecule has 0 radical (unpaired) electrons. The predicted octanol–water partition coefficient (Wildman–Crippen LogP) is 3.45. The first-order chi connectivity index (χ1) is 12.2. The minimum absolute atomic E-state index is 0.402. The molecule has 2 unspecified atom stereocenters. The summed E-state index contributed by atoms with van der Waals surface area (Å²) >= 11 is 0. The molecule has 1 aromatic carbocycles. The topological polar surface area (TPSA) is 55.1 Å². The van der Waals surface area contributed by atoms with Gasteiger partial charge in [-0.3, -0.25) is 0 Å². The van der Waals surface area contributed by atoms with Crippen LogP contribution in [0.5, 0.6) is 0 Å². The Bertz CT molecular complexity index is 960. The minimum atomic E-state index is 0.402. The van der Waals surface area contributed by atoms with Gasteiger partial charge in [-0.25, -0.2) is 4.98 Å². The van der Waals surface area contributed by atoms with Gasteiger partial charge in [-0.1, -0.05) is 24.3 Å². The van der Waals surface area contributed by atoms with Crippen LogP contribution >= 0.6 is 0 Å². The van der Waals surface area contributed by atoms with Gasteiger partial charge in [0.15, 0.2) is 0 Å². The Balaban J connectivity index is 1.41. The standard InChI is InChI=1S/C20H23N5/c1-13-14(2)24-19-22-12-23-25(19)18(13)21-11-16-10-20(16)9-5-7-15-6-3-4-8-17(15)20/h3-4,6,8,12,16,21H,5,7,9-11H2,1-2H3. The average molecular weight is 333 g/mol. The Morgan fingerprint density at radius 2 is 2.16 bits per heavy atom. The van der Waals surface area contributed by atoms with E-state index in [2.05, 4.69) is 51.6 Å². The normalized spacial score (nSPS) is 24.5. The first-order valence-corrected chi connectivity index (χ1v) is 9.18. The van der Waals surface area contributed by atoms with Gasteiger partial charge < -0.3 is 5.32 Å². The summed E-state index contributed by atoms with van der Waals surface area (Å²) in [5.41, 5.74) is 5.72. The van der Waals surface area contributed by atoms with E-state index in [4.69, 9.17) is 0 Å². The zero-order chi connectivity index (χ0) is 17.0. The molecule has 0 aliphatic heterocycles. The van der Waals surface area contributed by atoms with E-state index in [0.717, 1.165) is 23.6 Å². The fourth-order valence-electron chi connectivity index (χ4n) is 4.70. The van der Waals surface area contributed by atoms with E-state index < -0.39 is 0 Å². The second kappa shape index (κ2) is 5.28. The molecule has 2 aromatic heterocycles. The number of aromatic nitrogens is 4. The second-order valence-corrected chi connectivity index (χ2v) is 7.59. The van der Waals surface area contributed by atoms with Crippen LogP contribution in [-0.4, -0.2) is 26.1 Å². The van der Waals surface area contributed by atoms with Gasteiger partial charge in [0, 0.05) is 23.2 Å². The van der Waals surface area contributed by atoms with Crippen molar-refractivity contribution in [1.29, 1.82) is 0 Å². The van der Waals surface area contributed by atoms with Gasteiger partial charge in [0.2, 0.25) is 0 Å². The molecule has 2 atom stereocenters. The Kier molecular flexibility index (Phi) is 3.14. The van der Waals surface area contributed by atoms with Gasteiger partial charge >= 0.3 is 0 Å². The molecule has 3 aromatic rings. The molecule has 5 rings (SSSR count). The molecular weight excluding hydrogens is 310 g/mol. The highest BCUT2D eigenvalue weighted by Crippen LogP contribution is 2.60. The van der Waals surface area contributed by atoms with Crippen LogP contribution in [0, 0.1) is 19.8 Å². The van der Waals surface area contributed by atoms with Crippen molar-refractivity contribution in [3.05, 3.63) is 53.0 Å². The summed E-state index contributed by atoms with van der Waals surface area (Å²) in [7, 11) is 0. The lowest BCUT2D eigenvalue weighted by Crippen LogP contribution is -2.22. The number of rotatable bonds is 3. The van der Waals surface area contributed by atoms with Crippen LogP contribution in [0.2, 0.25) is 0 Å². The summed E-state index contributed by atoms with van der Waals surface area (Å²) in [5, 5.41) is 8.01. The summed E-state index contributed by atoms with van der Waals surface area (Å²) in [5.74, 6) is 2.39. The summed E-state index contributed by atoms with van der Waals surface area (Å²) in [6.07, 6.45) is 6.74. The highest BCUT2D eigenvalue weighted by Gasteiger charge is 2.56. The largest absolute Gasteiger partial charge is 0.369 e. The summed E-state index contributed by atoms with van der Waals surface area (Å²) in [6, 6.07) is 9.04. The Labute approximate surface area is 147 Å². The van der Waals surface area contributed by atoms with Crippen LogP contribution in [0.25, 0.3) is 5.78 Å². The molecule has 25 heavy (non-hydrogen) atoms. The minimum Gasteiger partial charge on any atom is -0.369 e. The van der Waals surface area contributed by atoms with Crippen molar-refractivity contribution in [3.63, 3.8) is 0 Å². The van der Waals surface area contributed by atoms with Crippen molar-refractivity contribution in [2.24, 2.45) is 5.92 Å². The number of fused-ring (bicyclic) bond motifs is 3. The Morgan fingerprint density at radius 1 is 1.28 bits per heavy atom. The number of hydrogen-bond donors (Lipinski definition) is 1. The number of nitrogens with zero attached hydrogens (tertiary/aromatic N) is 4. The molecule has 128 valence electrons. The Hall–Kier alpha value is -2.43. The molecule has 1 N–H and O–H groups in total. The number of aryl methyl sites for hydroxylation is 2. The lowest BCUT2D eigenvalue weighted by Gasteiger charge is -2.27. The van der Waals surface area contributed by atoms with E-state index in [9.17, 15) is 0 Å². The fourth-order valence-corrected chi connectivity index (χ4v) is 4.70. The van der Waals surface area contributed by atoms with Crippen molar-refractivity contribution in [2.45, 2.75) is 44.9 Å². The Morgan fingerprint density at radius 3 is 3.08 bits per heavy atom. The van der Waals surface area contributed by atoms with Crippen molar-refractivity contribution in [2.75, 3.05) is 11.9 Å². The van der Waals surface area contributed by atoms with Crippen LogP contribution in [0.4, 0.5) is 5.82 Å². The SMILES string of the molecule is Cc1nc2ncnn2c(NCC2CC23CCCc2ccccc23)c1C. The summed E-state index contributed by atoms with van der Waals surface area (Å²) in [4.78, 5) is 8.74. The van der Waals surface area contributed by atoms with Crippen LogP contribution in [-0.2, 0) is 11.8 Å². The van der Waals surface area contributed by atoms with Crippen molar-refractivity contribution in [3.8, 4) is 0 Å². The highest BCUT2D eigenvalue weighted by atomic mass is 15.4. The predicted molar refractivity (Wildman–Crippen MR) is 97.9 cm³/mol. The van der Waals surface area contributed by atoms with Gasteiger partial charge in [-0.05, 0) is 56.6 Å². The smallest absolute Gasteiger partial charge is 0.254 e. The molecule has 1 spiro atoms. The monoisotopic (exact) mass is 333 g/mol. The van der Waals surface area contributed by atoms with E-state index in [0.29, 0.717) is 17.1 Å². The van der Waals surface area contributed by atoms with Gasteiger partial charge in [-0.2, -0.15) is 14.6 Å². The highest BCUT2D eigenvalue weighted by molar-refractivity contribution is 5.52. The van der Waals surface area contributed by atoms with Gasteiger partial charge in [0.05, 0.1) is 0 Å². The molecule has 5 heteroatoms. The van der Waals surface area contributed by atoms with Crippen LogP contribution in [0.1, 0.15) is 41.6 Å². The quantitative estimate of drug-likeness (QED) is 0.798. The van der Waals surface area contributed by atoms with Crippen molar-refractivity contribution in [1.82, 2.24) is 19.6 Å². The van der Waals surface area contributed by atoms with Crippen LogP contribution in [0.3, 0.4) is 0 Å². The molecule has 1 fully saturated rings. The lowest BCUT2D eigenvalue weighted by molar-refractivity contribution is 0.503. The first-order valence-electron chi connectivity index (χ1n) is 9.18. The van der Waals surface area contributed by atoms with E-state index in [1.807, 2.05) is 11.4 Å². The molecule has 0 bridgehead atoms. The van der Waals surface area contributed by atoms with Crippen molar-refractivity contribution >= 4 is 11.6 Å². The molecule has 2 aliphatic rings. The molecule has 0 amide bonds. The van der Waals surface area contributed by atoms with Gasteiger partial charge in [0.1, 0.15) is 12.1 Å². The molecule has 5 nitrogen and oxygen atoms in total. The van der Waals surface area contributed by atoms with Gasteiger partial charge in [-0.15, -0.1) is 0 Å². The molecule has 0 saturated heterocycles. The molecular formula is C20H23N5. The fraction of sp³-hybridized carbons (Fsp3) is 0.450. The number of nitrogens with one attached hydrogen (secondary N) is 1. The van der Waals surface area contributed by atoms with E-state index in [1.54, 1.807) is 17.5 Å². The maximum Gasteiger partial charge on any atom is 0.254 e.